The molecule has 0 aliphatic heterocycles. The number of methoxy groups -OCH3 is 3. The van der Waals surface area contributed by atoms with Crippen molar-refractivity contribution in [3.8, 4) is 17.2 Å². The van der Waals surface area contributed by atoms with E-state index >= 15 is 0 Å². The topological polar surface area (TPSA) is 60.0 Å². The van der Waals surface area contributed by atoms with Crippen molar-refractivity contribution >= 4 is 0 Å². The molecule has 0 bridgehead atoms. The fourth-order valence-corrected chi connectivity index (χ4v) is 2.15. The first-order valence-corrected chi connectivity index (χ1v) is 6.74. The van der Waals surface area contributed by atoms with Gasteiger partial charge >= 0.3 is 0 Å². The predicted molar refractivity (Wildman–Crippen MR) is 78.8 cm³/mol. The average molecular weight is 283 g/mol. The van der Waals surface area contributed by atoms with Gasteiger partial charge in [0.15, 0.2) is 11.5 Å². The molecule has 20 heavy (non-hydrogen) atoms. The van der Waals surface area contributed by atoms with Crippen molar-refractivity contribution in [2.75, 3.05) is 27.9 Å². The highest BCUT2D eigenvalue weighted by atomic mass is 16.5. The molecule has 0 amide bonds. The number of aliphatic hydroxyl groups is 1. The van der Waals surface area contributed by atoms with Gasteiger partial charge in [-0.3, -0.25) is 0 Å². The van der Waals surface area contributed by atoms with Crippen LogP contribution in [0.3, 0.4) is 0 Å². The zero-order chi connectivity index (χ0) is 15.1. The van der Waals surface area contributed by atoms with Gasteiger partial charge in [-0.15, -0.1) is 0 Å². The van der Waals surface area contributed by atoms with E-state index in [4.69, 9.17) is 19.3 Å². The molecule has 2 atom stereocenters. The summed E-state index contributed by atoms with van der Waals surface area (Å²) in [6.45, 7) is 4.29. The highest BCUT2D eigenvalue weighted by molar-refractivity contribution is 5.54. The number of hydrogen-bond acceptors (Lipinski definition) is 5. The normalized spacial score (nSPS) is 13.7. The third kappa shape index (κ3) is 4.02. The zero-order valence-electron chi connectivity index (χ0n) is 12.9. The monoisotopic (exact) mass is 283 g/mol. The maximum atomic E-state index is 8.96. The van der Waals surface area contributed by atoms with Crippen molar-refractivity contribution in [3.63, 3.8) is 0 Å². The Kier molecular flexibility index (Phi) is 6.61. The highest BCUT2D eigenvalue weighted by Crippen LogP contribution is 2.39. The molecule has 0 heterocycles. The van der Waals surface area contributed by atoms with Gasteiger partial charge in [-0.1, -0.05) is 0 Å². The molecule has 0 saturated heterocycles. The first-order valence-electron chi connectivity index (χ1n) is 6.74. The van der Waals surface area contributed by atoms with Crippen LogP contribution in [0.5, 0.6) is 17.2 Å². The van der Waals surface area contributed by atoms with Crippen LogP contribution >= 0.6 is 0 Å². The summed E-state index contributed by atoms with van der Waals surface area (Å²) < 4.78 is 16.0. The Morgan fingerprint density at radius 2 is 1.60 bits per heavy atom. The number of ether oxygens (including phenoxy) is 3. The Balaban J connectivity index is 3.00. The lowest BCUT2D eigenvalue weighted by atomic mass is 10.1. The van der Waals surface area contributed by atoms with Crippen LogP contribution in [-0.4, -0.2) is 39.1 Å². The number of rotatable bonds is 8. The lowest BCUT2D eigenvalue weighted by molar-refractivity contribution is 0.264. The van der Waals surface area contributed by atoms with E-state index in [1.54, 1.807) is 21.3 Å². The molecule has 0 saturated carbocycles. The maximum Gasteiger partial charge on any atom is 0.203 e. The van der Waals surface area contributed by atoms with Gasteiger partial charge in [0.1, 0.15) is 0 Å². The maximum absolute atomic E-state index is 8.96. The molecule has 0 aromatic heterocycles. The number of benzene rings is 1. The SMILES string of the molecule is COc1cc(C(C)NC(C)CCO)cc(OC)c1OC. The summed E-state index contributed by atoms with van der Waals surface area (Å²) in [5.74, 6) is 1.88. The van der Waals surface area contributed by atoms with Crippen LogP contribution in [0, 0.1) is 0 Å². The molecule has 5 heteroatoms. The third-order valence-electron chi connectivity index (χ3n) is 3.28. The van der Waals surface area contributed by atoms with Crippen molar-refractivity contribution < 1.29 is 19.3 Å². The smallest absolute Gasteiger partial charge is 0.203 e. The van der Waals surface area contributed by atoms with E-state index in [0.29, 0.717) is 17.2 Å². The van der Waals surface area contributed by atoms with Gasteiger partial charge in [0.25, 0.3) is 0 Å². The van der Waals surface area contributed by atoms with Gasteiger partial charge < -0.3 is 24.6 Å². The summed E-state index contributed by atoms with van der Waals surface area (Å²) >= 11 is 0. The molecule has 1 rings (SSSR count). The van der Waals surface area contributed by atoms with Crippen LogP contribution in [0.4, 0.5) is 0 Å². The predicted octanol–water partition coefficient (Wildman–Crippen LogP) is 2.13. The minimum Gasteiger partial charge on any atom is -0.493 e. The lowest BCUT2D eigenvalue weighted by Crippen LogP contribution is -2.29. The van der Waals surface area contributed by atoms with E-state index in [1.807, 2.05) is 19.1 Å². The van der Waals surface area contributed by atoms with Crippen LogP contribution < -0.4 is 19.5 Å². The molecule has 1 aromatic carbocycles. The third-order valence-corrected chi connectivity index (χ3v) is 3.28. The largest absolute Gasteiger partial charge is 0.493 e. The van der Waals surface area contributed by atoms with Gasteiger partial charge in [0.2, 0.25) is 5.75 Å². The van der Waals surface area contributed by atoms with Crippen LogP contribution in [0.1, 0.15) is 31.9 Å². The van der Waals surface area contributed by atoms with E-state index in [-0.39, 0.29) is 18.7 Å². The van der Waals surface area contributed by atoms with Crippen molar-refractivity contribution in [2.45, 2.75) is 32.4 Å². The molecular weight excluding hydrogens is 258 g/mol. The molecule has 0 fully saturated rings. The number of nitrogens with one attached hydrogen (secondary N) is 1. The summed E-state index contributed by atoms with van der Waals surface area (Å²) in [5.41, 5.74) is 1.05. The summed E-state index contributed by atoms with van der Waals surface area (Å²) in [4.78, 5) is 0. The van der Waals surface area contributed by atoms with E-state index in [2.05, 4.69) is 12.2 Å². The molecule has 0 spiro atoms. The van der Waals surface area contributed by atoms with Crippen LogP contribution in [0.25, 0.3) is 0 Å². The van der Waals surface area contributed by atoms with E-state index in [1.165, 1.54) is 0 Å². The molecule has 2 unspecified atom stereocenters. The van der Waals surface area contributed by atoms with Crippen molar-refractivity contribution in [3.05, 3.63) is 17.7 Å². The zero-order valence-corrected chi connectivity index (χ0v) is 12.9. The molecule has 5 nitrogen and oxygen atoms in total. The molecule has 0 aliphatic rings. The minimum absolute atomic E-state index is 0.116. The molecule has 1 aromatic rings. The van der Waals surface area contributed by atoms with E-state index in [9.17, 15) is 0 Å². The van der Waals surface area contributed by atoms with Crippen molar-refractivity contribution in [1.82, 2.24) is 5.32 Å². The van der Waals surface area contributed by atoms with Gasteiger partial charge in [0, 0.05) is 18.7 Å². The summed E-state index contributed by atoms with van der Waals surface area (Å²) in [5, 5.41) is 12.4. The Labute approximate surface area is 120 Å². The summed E-state index contributed by atoms with van der Waals surface area (Å²) in [6.07, 6.45) is 0.717. The van der Waals surface area contributed by atoms with Gasteiger partial charge in [0.05, 0.1) is 21.3 Å². The highest BCUT2D eigenvalue weighted by Gasteiger charge is 2.17. The van der Waals surface area contributed by atoms with Crippen LogP contribution in [-0.2, 0) is 0 Å². The van der Waals surface area contributed by atoms with Gasteiger partial charge in [-0.25, -0.2) is 0 Å². The van der Waals surface area contributed by atoms with Crippen molar-refractivity contribution in [2.24, 2.45) is 0 Å². The van der Waals surface area contributed by atoms with E-state index < -0.39 is 0 Å². The molecule has 0 aliphatic carbocycles. The summed E-state index contributed by atoms with van der Waals surface area (Å²) in [6, 6.07) is 4.22. The Morgan fingerprint density at radius 1 is 1.05 bits per heavy atom. The molecular formula is C15H25NO4. The van der Waals surface area contributed by atoms with Gasteiger partial charge in [-0.05, 0) is 38.0 Å². The van der Waals surface area contributed by atoms with Gasteiger partial charge in [-0.2, -0.15) is 0 Å². The molecule has 0 radical (unpaired) electrons. The number of hydrogen-bond donors (Lipinski definition) is 2. The van der Waals surface area contributed by atoms with Crippen molar-refractivity contribution in [1.29, 1.82) is 0 Å². The lowest BCUT2D eigenvalue weighted by Gasteiger charge is -2.22. The van der Waals surface area contributed by atoms with Crippen LogP contribution in [0.15, 0.2) is 12.1 Å². The Bertz CT molecular complexity index is 397. The fraction of sp³-hybridized carbons (Fsp3) is 0.600. The van der Waals surface area contributed by atoms with E-state index in [0.717, 1.165) is 12.0 Å². The molecule has 114 valence electrons. The second-order valence-electron chi connectivity index (χ2n) is 4.76. The Hall–Kier alpha value is -1.46. The first-order chi connectivity index (χ1) is 9.57. The second kappa shape index (κ2) is 7.97. The average Bonchev–Trinajstić information content (AvgIpc) is 2.45. The summed E-state index contributed by atoms with van der Waals surface area (Å²) in [7, 11) is 4.80. The number of aliphatic hydroxyl groups excluding tert-OH is 1. The minimum atomic E-state index is 0.116. The first kappa shape index (κ1) is 16.6. The van der Waals surface area contributed by atoms with Crippen LogP contribution in [0.2, 0.25) is 0 Å². The Morgan fingerprint density at radius 3 is 2.00 bits per heavy atom. The molecule has 2 N–H and O–H groups in total. The second-order valence-corrected chi connectivity index (χ2v) is 4.76. The standard InChI is InChI=1S/C15H25NO4/c1-10(6-7-17)16-11(2)12-8-13(18-3)15(20-5)14(9-12)19-4/h8-11,16-17H,6-7H2,1-5H3. The fourth-order valence-electron chi connectivity index (χ4n) is 2.15. The quantitative estimate of drug-likeness (QED) is 0.765.